The molecule has 2 atom stereocenters. The van der Waals surface area contributed by atoms with E-state index in [0.717, 1.165) is 48.0 Å². The number of carbonyl (C=O) groups excluding carboxylic acids is 1. The summed E-state index contributed by atoms with van der Waals surface area (Å²) in [6.45, 7) is 0. The van der Waals surface area contributed by atoms with Gasteiger partial charge in [0.2, 0.25) is 5.91 Å². The summed E-state index contributed by atoms with van der Waals surface area (Å²) in [5.74, 6) is 0.243. The monoisotopic (exact) mass is 509 g/mol. The number of hydrogen-bond acceptors (Lipinski definition) is 5. The maximum absolute atomic E-state index is 12.7. The Hall–Kier alpha value is -3.55. The third-order valence-corrected chi connectivity index (χ3v) is 8.40. The summed E-state index contributed by atoms with van der Waals surface area (Å²) >= 11 is 0. The molecule has 196 valence electrons. The number of pyridine rings is 1. The molecule has 2 heterocycles. The lowest BCUT2D eigenvalue weighted by atomic mass is 9.79. The van der Waals surface area contributed by atoms with Gasteiger partial charge in [0.1, 0.15) is 0 Å². The van der Waals surface area contributed by atoms with Gasteiger partial charge in [-0.05, 0) is 65.8 Å². The van der Waals surface area contributed by atoms with Crippen LogP contribution in [-0.2, 0) is 11.2 Å². The Kier molecular flexibility index (Phi) is 6.72. The molecule has 0 radical (unpaired) electrons. The van der Waals surface area contributed by atoms with Crippen molar-refractivity contribution in [3.8, 4) is 0 Å². The fourth-order valence-corrected chi connectivity index (χ4v) is 6.05. The van der Waals surface area contributed by atoms with E-state index in [2.05, 4.69) is 44.5 Å². The largest absolute Gasteiger partial charge is 0.386 e. The van der Waals surface area contributed by atoms with E-state index in [4.69, 9.17) is 5.73 Å². The first kappa shape index (κ1) is 24.8. The average Bonchev–Trinajstić information content (AvgIpc) is 3.68. The summed E-state index contributed by atoms with van der Waals surface area (Å²) in [7, 11) is 0. The van der Waals surface area contributed by atoms with Crippen molar-refractivity contribution in [2.75, 3.05) is 0 Å². The van der Waals surface area contributed by atoms with Gasteiger partial charge in [0, 0.05) is 6.20 Å². The quantitative estimate of drug-likeness (QED) is 0.254. The Morgan fingerprint density at radius 1 is 1.03 bits per heavy atom. The fourth-order valence-electron chi connectivity index (χ4n) is 6.05. The molecule has 2 aliphatic rings. The zero-order valence-electron chi connectivity index (χ0n) is 21.6. The SMILES string of the molecule is NC(=O)C1(NC(c2ccc(Cc3c(C4CC4)cnc4nc[nH]c34)cc2)[C@@H](O)c2ccccc2)CCCCC1. The molecule has 1 unspecified atom stereocenters. The van der Waals surface area contributed by atoms with Crippen molar-refractivity contribution in [2.24, 2.45) is 5.73 Å². The Labute approximate surface area is 222 Å². The number of aromatic amines is 1. The average molecular weight is 510 g/mol. The maximum atomic E-state index is 12.7. The highest BCUT2D eigenvalue weighted by molar-refractivity contribution is 5.85. The molecule has 2 aromatic carbocycles. The van der Waals surface area contributed by atoms with Crippen LogP contribution in [0.2, 0.25) is 0 Å². The Bertz CT molecular complexity index is 1410. The summed E-state index contributed by atoms with van der Waals surface area (Å²) < 4.78 is 0. The van der Waals surface area contributed by atoms with Crippen LogP contribution in [0.3, 0.4) is 0 Å². The van der Waals surface area contributed by atoms with Crippen LogP contribution in [0, 0.1) is 0 Å². The van der Waals surface area contributed by atoms with Gasteiger partial charge in [-0.15, -0.1) is 0 Å². The van der Waals surface area contributed by atoms with Gasteiger partial charge in [-0.25, -0.2) is 9.97 Å². The first-order valence-electron chi connectivity index (χ1n) is 13.7. The topological polar surface area (TPSA) is 117 Å². The lowest BCUT2D eigenvalue weighted by Crippen LogP contribution is -2.58. The molecule has 6 rings (SSSR count). The van der Waals surface area contributed by atoms with E-state index in [9.17, 15) is 9.90 Å². The summed E-state index contributed by atoms with van der Waals surface area (Å²) in [6.07, 6.45) is 10.4. The van der Waals surface area contributed by atoms with E-state index in [1.165, 1.54) is 29.5 Å². The van der Waals surface area contributed by atoms with Crippen LogP contribution in [0.25, 0.3) is 11.2 Å². The lowest BCUT2D eigenvalue weighted by molar-refractivity contribution is -0.126. The van der Waals surface area contributed by atoms with E-state index >= 15 is 0 Å². The number of H-pyrrole nitrogens is 1. The van der Waals surface area contributed by atoms with Gasteiger partial charge < -0.3 is 15.8 Å². The Morgan fingerprint density at radius 3 is 2.45 bits per heavy atom. The second kappa shape index (κ2) is 10.3. The normalized spacial score (nSPS) is 18.8. The predicted octanol–water partition coefficient (Wildman–Crippen LogP) is 4.98. The van der Waals surface area contributed by atoms with Gasteiger partial charge in [-0.3, -0.25) is 10.1 Å². The molecule has 0 saturated heterocycles. The maximum Gasteiger partial charge on any atom is 0.237 e. The second-order valence-electron chi connectivity index (χ2n) is 11.0. The molecule has 7 heteroatoms. The number of aliphatic hydroxyl groups excluding tert-OH is 1. The summed E-state index contributed by atoms with van der Waals surface area (Å²) in [5, 5.41) is 15.1. The lowest BCUT2D eigenvalue weighted by Gasteiger charge is -2.40. The molecule has 7 nitrogen and oxygen atoms in total. The van der Waals surface area contributed by atoms with Gasteiger partial charge in [-0.1, -0.05) is 73.9 Å². The minimum Gasteiger partial charge on any atom is -0.386 e. The third kappa shape index (κ3) is 4.84. The minimum atomic E-state index is -0.827. The van der Waals surface area contributed by atoms with Crippen molar-refractivity contribution < 1.29 is 9.90 Å². The number of nitrogens with one attached hydrogen (secondary N) is 2. The van der Waals surface area contributed by atoms with Gasteiger partial charge >= 0.3 is 0 Å². The van der Waals surface area contributed by atoms with E-state index in [1.807, 2.05) is 36.5 Å². The second-order valence-corrected chi connectivity index (χ2v) is 11.0. The van der Waals surface area contributed by atoms with Crippen LogP contribution in [0.1, 0.15) is 90.8 Å². The first-order valence-corrected chi connectivity index (χ1v) is 13.7. The number of benzene rings is 2. The number of amides is 1. The highest BCUT2D eigenvalue weighted by atomic mass is 16.3. The van der Waals surface area contributed by atoms with Crippen LogP contribution in [-0.4, -0.2) is 31.5 Å². The molecular formula is C31H35N5O2. The number of fused-ring (bicyclic) bond motifs is 1. The number of aromatic nitrogens is 3. The molecule has 2 fully saturated rings. The Morgan fingerprint density at radius 2 is 1.76 bits per heavy atom. The predicted molar refractivity (Wildman–Crippen MR) is 147 cm³/mol. The molecule has 4 aromatic rings. The number of aliphatic hydroxyl groups is 1. The zero-order valence-corrected chi connectivity index (χ0v) is 21.6. The van der Waals surface area contributed by atoms with Crippen LogP contribution >= 0.6 is 0 Å². The van der Waals surface area contributed by atoms with E-state index in [1.54, 1.807) is 6.33 Å². The highest BCUT2D eigenvalue weighted by Crippen LogP contribution is 2.43. The molecule has 38 heavy (non-hydrogen) atoms. The molecule has 5 N–H and O–H groups in total. The van der Waals surface area contributed by atoms with Crippen LogP contribution in [0.4, 0.5) is 0 Å². The number of rotatable bonds is 9. The fraction of sp³-hybridized carbons (Fsp3) is 0.387. The minimum absolute atomic E-state index is 0.340. The summed E-state index contributed by atoms with van der Waals surface area (Å²) in [4.78, 5) is 24.9. The molecular weight excluding hydrogens is 474 g/mol. The van der Waals surface area contributed by atoms with Crippen molar-refractivity contribution >= 4 is 17.1 Å². The number of nitrogens with zero attached hydrogens (tertiary/aromatic N) is 2. The number of nitrogens with two attached hydrogens (primary N) is 1. The van der Waals surface area contributed by atoms with E-state index in [-0.39, 0.29) is 5.91 Å². The van der Waals surface area contributed by atoms with Crippen molar-refractivity contribution in [3.63, 3.8) is 0 Å². The van der Waals surface area contributed by atoms with E-state index in [0.29, 0.717) is 18.8 Å². The molecule has 0 spiro atoms. The third-order valence-electron chi connectivity index (χ3n) is 8.40. The Balaban J connectivity index is 1.32. The summed E-state index contributed by atoms with van der Waals surface area (Å²) in [6, 6.07) is 17.5. The molecule has 2 aromatic heterocycles. The van der Waals surface area contributed by atoms with Gasteiger partial charge in [-0.2, -0.15) is 0 Å². The van der Waals surface area contributed by atoms with Crippen molar-refractivity contribution in [2.45, 2.75) is 75.0 Å². The molecule has 2 saturated carbocycles. The van der Waals surface area contributed by atoms with Crippen molar-refractivity contribution in [1.82, 2.24) is 20.3 Å². The number of primary amides is 1. The first-order chi connectivity index (χ1) is 18.5. The van der Waals surface area contributed by atoms with Gasteiger partial charge in [0.05, 0.1) is 29.5 Å². The zero-order chi connectivity index (χ0) is 26.1. The van der Waals surface area contributed by atoms with Crippen LogP contribution in [0.5, 0.6) is 0 Å². The standard InChI is InChI=1S/C31H35N5O2/c32-30(38)31(15-5-2-6-16-31)36-26(28(37)23-7-3-1-4-8-23)22-11-9-20(10-12-22)17-24-25(21-13-14-21)18-33-29-27(24)34-19-35-29/h1,3-4,7-12,18-19,21,26,28,36-37H,2,5-6,13-17H2,(H2,32,38)(H,33,34,35)/t26?,28-/m0/s1. The van der Waals surface area contributed by atoms with Crippen molar-refractivity contribution in [3.05, 3.63) is 94.9 Å². The smallest absolute Gasteiger partial charge is 0.237 e. The molecule has 1 amide bonds. The van der Waals surface area contributed by atoms with Gasteiger partial charge in [0.25, 0.3) is 0 Å². The summed E-state index contributed by atoms with van der Waals surface area (Å²) in [5.41, 5.74) is 12.4. The number of imidazole rings is 1. The highest BCUT2D eigenvalue weighted by Gasteiger charge is 2.41. The van der Waals surface area contributed by atoms with E-state index < -0.39 is 17.7 Å². The van der Waals surface area contributed by atoms with Gasteiger partial charge in [0.15, 0.2) is 5.65 Å². The van der Waals surface area contributed by atoms with Crippen LogP contribution < -0.4 is 11.1 Å². The number of carbonyl (C=O) groups is 1. The molecule has 0 bridgehead atoms. The van der Waals surface area contributed by atoms with Crippen molar-refractivity contribution in [1.29, 1.82) is 0 Å². The molecule has 2 aliphatic carbocycles. The van der Waals surface area contributed by atoms with Crippen LogP contribution in [0.15, 0.2) is 67.1 Å². The number of hydrogen-bond donors (Lipinski definition) is 4. The molecule has 0 aliphatic heterocycles.